The van der Waals surface area contributed by atoms with Gasteiger partial charge in [0.25, 0.3) is 0 Å². The van der Waals surface area contributed by atoms with E-state index in [-0.39, 0.29) is 5.75 Å². The minimum absolute atomic E-state index is 0.128. The van der Waals surface area contributed by atoms with Gasteiger partial charge < -0.3 is 4.74 Å². The quantitative estimate of drug-likeness (QED) is 0.696. The van der Waals surface area contributed by atoms with E-state index in [1.54, 1.807) is 6.07 Å². The van der Waals surface area contributed by atoms with Gasteiger partial charge in [0, 0.05) is 0 Å². The first-order chi connectivity index (χ1) is 7.04. The monoisotopic (exact) mass is 215 g/mol. The molecule has 0 aliphatic heterocycles. The maximum atomic E-state index is 11.9. The average Bonchev–Trinajstić information content (AvgIpc) is 2.15. The van der Waals surface area contributed by atoms with E-state index in [1.165, 1.54) is 12.1 Å². The Bertz CT molecular complexity index is 357. The van der Waals surface area contributed by atoms with Crippen LogP contribution in [0.1, 0.15) is 24.0 Å². The molecule has 0 fully saturated rings. The number of rotatable bonds is 1. The summed E-state index contributed by atoms with van der Waals surface area (Å²) in [6, 6.07) is 4.50. The van der Waals surface area contributed by atoms with Crippen LogP contribution in [0.5, 0.6) is 5.75 Å². The van der Waals surface area contributed by atoms with E-state index >= 15 is 0 Å². The fourth-order valence-corrected chi connectivity index (χ4v) is 1.74. The predicted molar refractivity (Wildman–Crippen MR) is 49.5 cm³/mol. The summed E-state index contributed by atoms with van der Waals surface area (Å²) in [6.45, 7) is 0. The van der Waals surface area contributed by atoms with Crippen LogP contribution in [0.25, 0.3) is 0 Å². The van der Waals surface area contributed by atoms with Crippen molar-refractivity contribution >= 4 is 0 Å². The molecule has 0 saturated carbocycles. The summed E-state index contributed by atoms with van der Waals surface area (Å²) >= 11 is 0. The van der Waals surface area contributed by atoms with Crippen LogP contribution in [0.15, 0.2) is 18.2 Å². The van der Waals surface area contributed by atoms with Gasteiger partial charge in [0.2, 0.25) is 0 Å². The van der Waals surface area contributed by atoms with Crippen molar-refractivity contribution in [1.82, 2.24) is 0 Å². The summed E-state index contributed by atoms with van der Waals surface area (Å²) in [6.07, 6.45) is 0.235. The molecule has 1 aliphatic carbocycles. The van der Waals surface area contributed by atoms with Crippen molar-refractivity contribution in [3.63, 3.8) is 0 Å². The lowest BCUT2D eigenvalue weighted by Gasteiger charge is -2.17. The standard InChI is InChI=1S/C11H10F3O/c12-11(13,14)15-10-6-5-8-3-1-2-4-9(8)7-10/h3,5-7H,1-2,4H2. The van der Waals surface area contributed by atoms with Crippen LogP contribution in [0.4, 0.5) is 13.2 Å². The number of benzene rings is 1. The fourth-order valence-electron chi connectivity index (χ4n) is 1.74. The molecule has 0 spiro atoms. The molecule has 0 saturated heterocycles. The fraction of sp³-hybridized carbons (Fsp3) is 0.364. The lowest BCUT2D eigenvalue weighted by Crippen LogP contribution is -2.17. The summed E-state index contributed by atoms with van der Waals surface area (Å²) in [5, 5.41) is 0. The van der Waals surface area contributed by atoms with Gasteiger partial charge in [-0.1, -0.05) is 6.07 Å². The van der Waals surface area contributed by atoms with E-state index in [1.807, 2.05) is 6.42 Å². The molecule has 1 nitrogen and oxygen atoms in total. The maximum Gasteiger partial charge on any atom is 0.573 e. The molecule has 2 rings (SSSR count). The second-order valence-corrected chi connectivity index (χ2v) is 3.50. The van der Waals surface area contributed by atoms with Gasteiger partial charge in [0.05, 0.1) is 0 Å². The number of aryl methyl sites for hydroxylation is 1. The van der Waals surface area contributed by atoms with Crippen molar-refractivity contribution in [2.75, 3.05) is 0 Å². The Balaban J connectivity index is 2.21. The molecule has 4 heteroatoms. The topological polar surface area (TPSA) is 9.23 Å². The zero-order chi connectivity index (χ0) is 10.9. The number of ether oxygens (including phenoxy) is 1. The van der Waals surface area contributed by atoms with Crippen LogP contribution in [-0.4, -0.2) is 6.36 Å². The first-order valence-electron chi connectivity index (χ1n) is 4.76. The molecule has 81 valence electrons. The highest BCUT2D eigenvalue weighted by atomic mass is 19.4. The third-order valence-electron chi connectivity index (χ3n) is 2.36. The number of hydrogen-bond acceptors (Lipinski definition) is 1. The minimum Gasteiger partial charge on any atom is -0.406 e. The molecular formula is C11H10F3O. The van der Waals surface area contributed by atoms with E-state index in [9.17, 15) is 13.2 Å². The van der Waals surface area contributed by atoms with E-state index in [4.69, 9.17) is 0 Å². The van der Waals surface area contributed by atoms with Crippen molar-refractivity contribution < 1.29 is 17.9 Å². The molecule has 0 N–H and O–H groups in total. The highest BCUT2D eigenvalue weighted by Gasteiger charge is 2.31. The van der Waals surface area contributed by atoms with Crippen LogP contribution < -0.4 is 4.74 Å². The molecule has 0 amide bonds. The Hall–Kier alpha value is -1.19. The molecule has 0 heterocycles. The van der Waals surface area contributed by atoms with Gasteiger partial charge in [-0.15, -0.1) is 13.2 Å². The summed E-state index contributed by atoms with van der Waals surface area (Å²) in [7, 11) is 0. The average molecular weight is 215 g/mol. The first kappa shape index (κ1) is 10.3. The SMILES string of the molecule is FC(F)(F)Oc1ccc2c(c1)CCC[CH]2. The summed E-state index contributed by atoms with van der Waals surface area (Å²) in [5.41, 5.74) is 1.96. The van der Waals surface area contributed by atoms with Crippen molar-refractivity contribution in [2.24, 2.45) is 0 Å². The molecule has 0 unspecified atom stereocenters. The lowest BCUT2D eigenvalue weighted by molar-refractivity contribution is -0.274. The molecule has 1 radical (unpaired) electrons. The molecule has 1 aliphatic rings. The zero-order valence-electron chi connectivity index (χ0n) is 7.97. The van der Waals surface area contributed by atoms with E-state index in [0.29, 0.717) is 0 Å². The molecule has 0 atom stereocenters. The van der Waals surface area contributed by atoms with Gasteiger partial charge in [-0.2, -0.15) is 0 Å². The smallest absolute Gasteiger partial charge is 0.406 e. The van der Waals surface area contributed by atoms with Gasteiger partial charge in [0.15, 0.2) is 0 Å². The Morgan fingerprint density at radius 1 is 1.20 bits per heavy atom. The third kappa shape index (κ3) is 2.64. The summed E-state index contributed by atoms with van der Waals surface area (Å²) < 4.78 is 39.7. The summed E-state index contributed by atoms with van der Waals surface area (Å²) in [5.74, 6) is -0.128. The molecule has 15 heavy (non-hydrogen) atoms. The van der Waals surface area contributed by atoms with Gasteiger partial charge in [0.1, 0.15) is 5.75 Å². The van der Waals surface area contributed by atoms with Gasteiger partial charge >= 0.3 is 6.36 Å². The van der Waals surface area contributed by atoms with Crippen molar-refractivity contribution in [3.05, 3.63) is 35.7 Å². The van der Waals surface area contributed by atoms with Crippen molar-refractivity contribution in [2.45, 2.75) is 25.6 Å². The molecule has 0 aromatic heterocycles. The number of hydrogen-bond donors (Lipinski definition) is 0. The van der Waals surface area contributed by atoms with E-state index < -0.39 is 6.36 Å². The van der Waals surface area contributed by atoms with Gasteiger partial charge in [-0.05, 0) is 48.9 Å². The van der Waals surface area contributed by atoms with Crippen LogP contribution >= 0.6 is 0 Å². The van der Waals surface area contributed by atoms with Crippen LogP contribution in [0.3, 0.4) is 0 Å². The van der Waals surface area contributed by atoms with Crippen LogP contribution in [0.2, 0.25) is 0 Å². The second kappa shape index (κ2) is 3.76. The number of fused-ring (bicyclic) bond motifs is 1. The third-order valence-corrected chi connectivity index (χ3v) is 2.36. The first-order valence-corrected chi connectivity index (χ1v) is 4.76. The Morgan fingerprint density at radius 3 is 2.73 bits per heavy atom. The number of alkyl halides is 3. The van der Waals surface area contributed by atoms with E-state index in [2.05, 4.69) is 4.74 Å². The summed E-state index contributed by atoms with van der Waals surface area (Å²) in [4.78, 5) is 0. The van der Waals surface area contributed by atoms with E-state index in [0.717, 1.165) is 30.4 Å². The molecule has 1 aromatic carbocycles. The van der Waals surface area contributed by atoms with Crippen LogP contribution in [-0.2, 0) is 6.42 Å². The largest absolute Gasteiger partial charge is 0.573 e. The second-order valence-electron chi connectivity index (χ2n) is 3.50. The number of halogens is 3. The van der Waals surface area contributed by atoms with Crippen molar-refractivity contribution in [3.8, 4) is 5.75 Å². The van der Waals surface area contributed by atoms with Gasteiger partial charge in [-0.25, -0.2) is 0 Å². The van der Waals surface area contributed by atoms with Crippen molar-refractivity contribution in [1.29, 1.82) is 0 Å². The minimum atomic E-state index is -4.60. The zero-order valence-corrected chi connectivity index (χ0v) is 7.97. The lowest BCUT2D eigenvalue weighted by atomic mass is 9.92. The molecule has 1 aromatic rings. The predicted octanol–water partition coefficient (Wildman–Crippen LogP) is 3.47. The Morgan fingerprint density at radius 2 is 2.00 bits per heavy atom. The highest BCUT2D eigenvalue weighted by molar-refractivity contribution is 5.41. The molecule has 0 bridgehead atoms. The maximum absolute atomic E-state index is 11.9. The normalized spacial score (nSPS) is 15.9. The Labute approximate surface area is 85.9 Å². The Kier molecular flexibility index (Phi) is 2.59. The molecular weight excluding hydrogens is 205 g/mol. The highest BCUT2D eigenvalue weighted by Crippen LogP contribution is 2.29. The van der Waals surface area contributed by atoms with Gasteiger partial charge in [-0.3, -0.25) is 0 Å². The van der Waals surface area contributed by atoms with Crippen LogP contribution in [0, 0.1) is 6.42 Å².